The highest BCUT2D eigenvalue weighted by Gasteiger charge is 2.29. The third-order valence-corrected chi connectivity index (χ3v) is 2.60. The van der Waals surface area contributed by atoms with Gasteiger partial charge >= 0.3 is 5.97 Å². The molecule has 2 aromatic rings. The molecule has 0 bridgehead atoms. The van der Waals surface area contributed by atoms with Gasteiger partial charge in [0.15, 0.2) is 0 Å². The van der Waals surface area contributed by atoms with E-state index in [1.165, 1.54) is 18.2 Å². The Hall–Kier alpha value is -2.17. The van der Waals surface area contributed by atoms with Gasteiger partial charge in [0, 0.05) is 11.0 Å². The first-order valence-electron chi connectivity index (χ1n) is 5.79. The summed E-state index contributed by atoms with van der Waals surface area (Å²) < 4.78 is 18.4. The van der Waals surface area contributed by atoms with E-state index in [0.29, 0.717) is 11.3 Å². The number of oxazole rings is 1. The SMILES string of the molecule is CC(C)(C)c1nc(-c2cccc(F)c2)oc1C(=O)O. The van der Waals surface area contributed by atoms with E-state index in [2.05, 4.69) is 4.98 Å². The van der Waals surface area contributed by atoms with Crippen LogP contribution in [0, 0.1) is 5.82 Å². The molecule has 0 amide bonds. The summed E-state index contributed by atoms with van der Waals surface area (Å²) in [5.74, 6) is -1.70. The number of carbonyl (C=O) groups is 1. The van der Waals surface area contributed by atoms with Gasteiger partial charge in [-0.05, 0) is 18.2 Å². The van der Waals surface area contributed by atoms with Crippen LogP contribution >= 0.6 is 0 Å². The summed E-state index contributed by atoms with van der Waals surface area (Å²) in [6.45, 7) is 5.52. The van der Waals surface area contributed by atoms with Crippen LogP contribution in [-0.4, -0.2) is 16.1 Å². The predicted molar refractivity (Wildman–Crippen MR) is 67.6 cm³/mol. The molecule has 1 heterocycles. The van der Waals surface area contributed by atoms with E-state index in [9.17, 15) is 9.18 Å². The average Bonchev–Trinajstić information content (AvgIpc) is 2.73. The second-order valence-electron chi connectivity index (χ2n) is 5.26. The standard InChI is InChI=1S/C14H14FNO3/c1-14(2,3)11-10(13(17)18)19-12(16-11)8-5-4-6-9(15)7-8/h4-7H,1-3H3,(H,17,18). The summed E-state index contributed by atoms with van der Waals surface area (Å²) in [6, 6.07) is 5.69. The molecule has 0 unspecified atom stereocenters. The van der Waals surface area contributed by atoms with E-state index in [-0.39, 0.29) is 11.7 Å². The van der Waals surface area contributed by atoms with Gasteiger partial charge in [0.05, 0.1) is 0 Å². The number of benzene rings is 1. The van der Waals surface area contributed by atoms with Gasteiger partial charge in [-0.2, -0.15) is 0 Å². The lowest BCUT2D eigenvalue weighted by Crippen LogP contribution is -2.16. The molecule has 1 N–H and O–H groups in total. The molecular formula is C14H14FNO3. The summed E-state index contributed by atoms with van der Waals surface area (Å²) in [5, 5.41) is 9.14. The van der Waals surface area contributed by atoms with Crippen LogP contribution < -0.4 is 0 Å². The van der Waals surface area contributed by atoms with Gasteiger partial charge in [0.25, 0.3) is 0 Å². The van der Waals surface area contributed by atoms with Crippen molar-refractivity contribution in [2.45, 2.75) is 26.2 Å². The number of nitrogens with zero attached hydrogens (tertiary/aromatic N) is 1. The van der Waals surface area contributed by atoms with E-state index in [0.717, 1.165) is 0 Å². The zero-order valence-corrected chi connectivity index (χ0v) is 10.9. The van der Waals surface area contributed by atoms with Gasteiger partial charge in [0.1, 0.15) is 11.5 Å². The first-order valence-corrected chi connectivity index (χ1v) is 5.79. The van der Waals surface area contributed by atoms with Gasteiger partial charge in [0.2, 0.25) is 11.7 Å². The second-order valence-corrected chi connectivity index (χ2v) is 5.26. The van der Waals surface area contributed by atoms with Crippen molar-refractivity contribution in [3.8, 4) is 11.5 Å². The summed E-state index contributed by atoms with van der Waals surface area (Å²) >= 11 is 0. The Morgan fingerprint density at radius 1 is 1.37 bits per heavy atom. The third kappa shape index (κ3) is 2.65. The number of carboxylic acids is 1. The fraction of sp³-hybridized carbons (Fsp3) is 0.286. The number of halogens is 1. The third-order valence-electron chi connectivity index (χ3n) is 2.60. The van der Waals surface area contributed by atoms with Gasteiger partial charge in [-0.3, -0.25) is 0 Å². The predicted octanol–water partition coefficient (Wildman–Crippen LogP) is 3.48. The van der Waals surface area contributed by atoms with Crippen LogP contribution in [0.4, 0.5) is 4.39 Å². The van der Waals surface area contributed by atoms with Gasteiger partial charge in [-0.25, -0.2) is 14.2 Å². The fourth-order valence-corrected chi connectivity index (χ4v) is 1.72. The van der Waals surface area contributed by atoms with Crippen LogP contribution in [0.5, 0.6) is 0 Å². The van der Waals surface area contributed by atoms with Crippen LogP contribution in [0.3, 0.4) is 0 Å². The number of hydrogen-bond acceptors (Lipinski definition) is 3. The maximum Gasteiger partial charge on any atom is 0.373 e. The second kappa shape index (κ2) is 4.50. The lowest BCUT2D eigenvalue weighted by Gasteiger charge is -2.14. The molecule has 1 aromatic carbocycles. The van der Waals surface area contributed by atoms with E-state index in [1.54, 1.807) is 6.07 Å². The van der Waals surface area contributed by atoms with Crippen LogP contribution in [0.25, 0.3) is 11.5 Å². The monoisotopic (exact) mass is 263 g/mol. The molecule has 5 heteroatoms. The number of rotatable bonds is 2. The van der Waals surface area contributed by atoms with Crippen molar-refractivity contribution in [3.63, 3.8) is 0 Å². The first-order chi connectivity index (χ1) is 8.79. The molecule has 0 atom stereocenters. The summed E-state index contributed by atoms with van der Waals surface area (Å²) in [4.78, 5) is 15.4. The molecular weight excluding hydrogens is 249 g/mol. The fourth-order valence-electron chi connectivity index (χ4n) is 1.72. The highest BCUT2D eigenvalue weighted by atomic mass is 19.1. The normalized spacial score (nSPS) is 11.6. The van der Waals surface area contributed by atoms with Gasteiger partial charge in [-0.15, -0.1) is 0 Å². The Morgan fingerprint density at radius 3 is 2.53 bits per heavy atom. The van der Waals surface area contributed by atoms with Crippen molar-refractivity contribution in [2.24, 2.45) is 0 Å². The molecule has 0 saturated carbocycles. The summed E-state index contributed by atoms with van der Waals surface area (Å²) in [6.07, 6.45) is 0. The zero-order valence-electron chi connectivity index (χ0n) is 10.9. The minimum atomic E-state index is -1.18. The molecule has 4 nitrogen and oxygen atoms in total. The van der Waals surface area contributed by atoms with E-state index in [1.807, 2.05) is 20.8 Å². The number of carboxylic acid groups (broad SMARTS) is 1. The Bertz CT molecular complexity index is 626. The van der Waals surface area contributed by atoms with E-state index in [4.69, 9.17) is 9.52 Å². The average molecular weight is 263 g/mol. The van der Waals surface area contributed by atoms with Crippen molar-refractivity contribution in [1.82, 2.24) is 4.98 Å². The lowest BCUT2D eigenvalue weighted by atomic mass is 9.91. The number of aromatic nitrogens is 1. The van der Waals surface area contributed by atoms with Crippen molar-refractivity contribution in [3.05, 3.63) is 41.5 Å². The molecule has 2 rings (SSSR count). The van der Waals surface area contributed by atoms with Crippen molar-refractivity contribution in [1.29, 1.82) is 0 Å². The Balaban J connectivity index is 2.58. The molecule has 0 aliphatic carbocycles. The molecule has 0 spiro atoms. The Morgan fingerprint density at radius 2 is 2.05 bits per heavy atom. The summed E-state index contributed by atoms with van der Waals surface area (Å²) in [5.41, 5.74) is 0.292. The smallest absolute Gasteiger partial charge is 0.373 e. The minimum Gasteiger partial charge on any atom is -0.475 e. The largest absolute Gasteiger partial charge is 0.475 e. The Kier molecular flexibility index (Phi) is 3.14. The molecule has 0 aliphatic heterocycles. The highest BCUT2D eigenvalue weighted by molar-refractivity contribution is 5.86. The van der Waals surface area contributed by atoms with Crippen LogP contribution in [0.15, 0.2) is 28.7 Å². The molecule has 1 aromatic heterocycles. The Labute approximate surface area is 109 Å². The number of hydrogen-bond donors (Lipinski definition) is 1. The molecule has 100 valence electrons. The van der Waals surface area contributed by atoms with Crippen LogP contribution in [0.2, 0.25) is 0 Å². The number of aromatic carboxylic acids is 1. The summed E-state index contributed by atoms with van der Waals surface area (Å²) in [7, 11) is 0. The van der Waals surface area contributed by atoms with Crippen molar-refractivity contribution >= 4 is 5.97 Å². The highest BCUT2D eigenvalue weighted by Crippen LogP contribution is 2.30. The van der Waals surface area contributed by atoms with Crippen LogP contribution in [0.1, 0.15) is 37.0 Å². The molecule has 0 fully saturated rings. The molecule has 0 aliphatic rings. The van der Waals surface area contributed by atoms with Gasteiger partial charge in [-0.1, -0.05) is 26.8 Å². The quantitative estimate of drug-likeness (QED) is 0.901. The van der Waals surface area contributed by atoms with Gasteiger partial charge < -0.3 is 9.52 Å². The maximum atomic E-state index is 13.2. The zero-order chi connectivity index (χ0) is 14.2. The van der Waals surface area contributed by atoms with Crippen molar-refractivity contribution < 1.29 is 18.7 Å². The van der Waals surface area contributed by atoms with Crippen molar-refractivity contribution in [2.75, 3.05) is 0 Å². The van der Waals surface area contributed by atoms with E-state index >= 15 is 0 Å². The molecule has 0 radical (unpaired) electrons. The first kappa shape index (κ1) is 13.3. The topological polar surface area (TPSA) is 63.3 Å². The molecule has 19 heavy (non-hydrogen) atoms. The van der Waals surface area contributed by atoms with E-state index < -0.39 is 17.2 Å². The lowest BCUT2D eigenvalue weighted by molar-refractivity contribution is 0.0659. The minimum absolute atomic E-state index is 0.113. The van der Waals surface area contributed by atoms with Crippen LogP contribution in [-0.2, 0) is 5.41 Å². The molecule has 0 saturated heterocycles. The maximum absolute atomic E-state index is 13.2.